The summed E-state index contributed by atoms with van der Waals surface area (Å²) in [5.41, 5.74) is 0.579. The summed E-state index contributed by atoms with van der Waals surface area (Å²) in [6.07, 6.45) is 1.69. The van der Waals surface area contributed by atoms with Crippen molar-refractivity contribution in [2.75, 3.05) is 0 Å². The summed E-state index contributed by atoms with van der Waals surface area (Å²) in [4.78, 5) is 0. The van der Waals surface area contributed by atoms with Gasteiger partial charge in [-0.15, -0.1) is 6.58 Å². The van der Waals surface area contributed by atoms with E-state index in [0.29, 0.717) is 5.56 Å². The maximum atomic E-state index is 11.0. The minimum atomic E-state index is -4.05. The maximum absolute atomic E-state index is 11.0. The van der Waals surface area contributed by atoms with Crippen LogP contribution in [0.1, 0.15) is 17.2 Å². The van der Waals surface area contributed by atoms with Crippen LogP contribution < -0.4 is 0 Å². The molecule has 1 aromatic carbocycles. The van der Waals surface area contributed by atoms with E-state index in [0.717, 1.165) is 0 Å². The number of hydrogen-bond donors (Lipinski definition) is 1. The van der Waals surface area contributed by atoms with Crippen molar-refractivity contribution in [1.29, 1.82) is 0 Å². The van der Waals surface area contributed by atoms with Crippen LogP contribution in [0.5, 0.6) is 0 Å². The van der Waals surface area contributed by atoms with E-state index in [1.807, 2.05) is 0 Å². The molecule has 15 heavy (non-hydrogen) atoms. The van der Waals surface area contributed by atoms with E-state index in [1.54, 1.807) is 30.3 Å². The van der Waals surface area contributed by atoms with Gasteiger partial charge in [-0.25, -0.2) is 0 Å². The van der Waals surface area contributed by atoms with Crippen molar-refractivity contribution in [2.24, 2.45) is 0 Å². The second-order valence-corrected chi connectivity index (χ2v) is 4.54. The summed E-state index contributed by atoms with van der Waals surface area (Å²) in [5, 5.41) is -0.902. The first-order valence-electron chi connectivity index (χ1n) is 4.18. The van der Waals surface area contributed by atoms with Crippen molar-refractivity contribution in [3.8, 4) is 0 Å². The Labute approximate surface area is 112 Å². The van der Waals surface area contributed by atoms with E-state index < -0.39 is 15.4 Å². The van der Waals surface area contributed by atoms with Crippen LogP contribution in [0.25, 0.3) is 0 Å². The molecule has 0 bridgehead atoms. The molecule has 1 aromatic rings. The molecule has 0 saturated heterocycles. The summed E-state index contributed by atoms with van der Waals surface area (Å²) < 4.78 is 31.0. The fraction of sp³-hybridized carbons (Fsp3) is 0.200. The van der Waals surface area contributed by atoms with Crippen molar-refractivity contribution < 1.29 is 13.0 Å². The summed E-state index contributed by atoms with van der Waals surface area (Å²) in [5.74, 6) is 0. The van der Waals surface area contributed by atoms with Gasteiger partial charge in [-0.3, -0.25) is 4.55 Å². The van der Waals surface area contributed by atoms with Gasteiger partial charge < -0.3 is 0 Å². The topological polar surface area (TPSA) is 54.4 Å². The average molecular weight is 236 g/mol. The van der Waals surface area contributed by atoms with E-state index in [2.05, 4.69) is 6.58 Å². The molecule has 0 aliphatic carbocycles. The van der Waals surface area contributed by atoms with Gasteiger partial charge in [0.2, 0.25) is 0 Å². The summed E-state index contributed by atoms with van der Waals surface area (Å²) in [7, 11) is -4.05. The molecule has 0 radical (unpaired) electrons. The fourth-order valence-corrected chi connectivity index (χ4v) is 2.13. The monoisotopic (exact) mass is 236 g/mol. The van der Waals surface area contributed by atoms with Crippen molar-refractivity contribution >= 4 is 39.7 Å². The summed E-state index contributed by atoms with van der Waals surface area (Å²) in [6, 6.07) is 8.59. The average Bonchev–Trinajstić information content (AvgIpc) is 2.14. The Morgan fingerprint density at radius 2 is 1.87 bits per heavy atom. The van der Waals surface area contributed by atoms with Crippen LogP contribution in [0.3, 0.4) is 0 Å². The molecule has 0 aromatic heterocycles. The number of hydrogen-bond acceptors (Lipinski definition) is 2. The van der Waals surface area contributed by atoms with E-state index in [4.69, 9.17) is 4.55 Å². The number of rotatable bonds is 4. The van der Waals surface area contributed by atoms with Crippen LogP contribution >= 0.6 is 0 Å². The predicted molar refractivity (Wildman–Crippen MR) is 62.7 cm³/mol. The quantitative estimate of drug-likeness (QED) is 0.490. The Bertz CT molecular complexity index is 400. The molecule has 0 saturated carbocycles. The zero-order valence-electron chi connectivity index (χ0n) is 7.63. The van der Waals surface area contributed by atoms with Gasteiger partial charge in [0.05, 0.1) is 0 Å². The van der Waals surface area contributed by atoms with Gasteiger partial charge >= 0.3 is 29.6 Å². The molecule has 0 aliphatic heterocycles. The molecular formula is C10H13NaO3S. The van der Waals surface area contributed by atoms with Gasteiger partial charge in [0.25, 0.3) is 10.1 Å². The van der Waals surface area contributed by atoms with Gasteiger partial charge in [-0.2, -0.15) is 8.42 Å². The van der Waals surface area contributed by atoms with Crippen molar-refractivity contribution in [3.63, 3.8) is 0 Å². The SMILES string of the molecule is C=CCC(c1ccccc1)S(=O)(=O)O.[NaH]. The third-order valence-electron chi connectivity index (χ3n) is 1.91. The Morgan fingerprint density at radius 1 is 1.33 bits per heavy atom. The standard InChI is InChI=1S/C10H12O3S.Na.H/c1-2-6-10(14(11,12)13)9-7-4-3-5-8-9;;/h2-5,7-8,10H,1,6H2,(H,11,12,13);;. The summed E-state index contributed by atoms with van der Waals surface area (Å²) >= 11 is 0. The molecule has 0 fully saturated rings. The first-order chi connectivity index (χ1) is 6.55. The third kappa shape index (κ3) is 4.49. The molecule has 1 rings (SSSR count). The molecular weight excluding hydrogens is 223 g/mol. The van der Waals surface area contributed by atoms with E-state index in [1.165, 1.54) is 6.08 Å². The molecule has 1 atom stereocenters. The van der Waals surface area contributed by atoms with Crippen LogP contribution in [0.2, 0.25) is 0 Å². The zero-order valence-corrected chi connectivity index (χ0v) is 8.44. The Balaban J connectivity index is 0.00000196. The molecule has 0 amide bonds. The molecule has 5 heteroatoms. The molecule has 78 valence electrons. The van der Waals surface area contributed by atoms with Crippen molar-refractivity contribution in [1.82, 2.24) is 0 Å². The van der Waals surface area contributed by atoms with Crippen LogP contribution in [0.15, 0.2) is 43.0 Å². The molecule has 1 unspecified atom stereocenters. The Morgan fingerprint density at radius 3 is 2.27 bits per heavy atom. The van der Waals surface area contributed by atoms with E-state index >= 15 is 0 Å². The van der Waals surface area contributed by atoms with Gasteiger partial charge in [-0.1, -0.05) is 36.4 Å². The van der Waals surface area contributed by atoms with Gasteiger partial charge in [0, 0.05) is 0 Å². The zero-order chi connectivity index (χ0) is 10.6. The first kappa shape index (κ1) is 14.9. The molecule has 0 spiro atoms. The molecule has 3 nitrogen and oxygen atoms in total. The molecule has 0 heterocycles. The molecule has 0 aliphatic rings. The Hall–Kier alpha value is -0.130. The van der Waals surface area contributed by atoms with Crippen LogP contribution in [-0.4, -0.2) is 42.5 Å². The Kier molecular flexibility index (Phi) is 6.40. The normalized spacial score (nSPS) is 12.6. The summed E-state index contributed by atoms with van der Waals surface area (Å²) in [6.45, 7) is 3.46. The van der Waals surface area contributed by atoms with Gasteiger partial charge in [0.1, 0.15) is 5.25 Å². The van der Waals surface area contributed by atoms with Gasteiger partial charge in [-0.05, 0) is 12.0 Å². The van der Waals surface area contributed by atoms with E-state index in [-0.39, 0.29) is 36.0 Å². The van der Waals surface area contributed by atoms with Gasteiger partial charge in [0.15, 0.2) is 0 Å². The second-order valence-electron chi connectivity index (χ2n) is 2.94. The van der Waals surface area contributed by atoms with Crippen LogP contribution in [0.4, 0.5) is 0 Å². The predicted octanol–water partition coefficient (Wildman–Crippen LogP) is 1.54. The van der Waals surface area contributed by atoms with Crippen molar-refractivity contribution in [3.05, 3.63) is 48.6 Å². The third-order valence-corrected chi connectivity index (χ3v) is 3.10. The van der Waals surface area contributed by atoms with Crippen molar-refractivity contribution in [2.45, 2.75) is 11.7 Å². The minimum absolute atomic E-state index is 0. The van der Waals surface area contributed by atoms with Crippen LogP contribution in [0, 0.1) is 0 Å². The fourth-order valence-electron chi connectivity index (χ4n) is 1.25. The number of allylic oxidation sites excluding steroid dienone is 1. The molecule has 1 N–H and O–H groups in total. The van der Waals surface area contributed by atoms with E-state index in [9.17, 15) is 8.42 Å². The second kappa shape index (κ2) is 6.45. The number of benzene rings is 1. The first-order valence-corrected chi connectivity index (χ1v) is 5.68. The van der Waals surface area contributed by atoms with Crippen LogP contribution in [-0.2, 0) is 10.1 Å².